The van der Waals surface area contributed by atoms with Gasteiger partial charge in [-0.1, -0.05) is 4.52 Å². The number of rotatable bonds is 1. The topological polar surface area (TPSA) is 70.0 Å². The maximum absolute atomic E-state index is 5.43. The SMILES string of the molecule is NN1NC(c2ccn[nH]2)=CS1. The minimum absolute atomic E-state index is 0.936. The maximum Gasteiger partial charge on any atom is 0.0840 e. The van der Waals surface area contributed by atoms with Gasteiger partial charge in [0.05, 0.1) is 11.4 Å². The van der Waals surface area contributed by atoms with E-state index >= 15 is 0 Å². The Kier molecular flexibility index (Phi) is 1.57. The molecule has 0 saturated heterocycles. The third-order valence-corrected chi connectivity index (χ3v) is 1.97. The van der Waals surface area contributed by atoms with E-state index in [9.17, 15) is 0 Å². The van der Waals surface area contributed by atoms with E-state index in [1.807, 2.05) is 11.5 Å². The first kappa shape index (κ1) is 6.71. The Balaban J connectivity index is 2.19. The van der Waals surface area contributed by atoms with Crippen molar-refractivity contribution in [2.75, 3.05) is 0 Å². The second kappa shape index (κ2) is 2.57. The van der Waals surface area contributed by atoms with Gasteiger partial charge in [0.1, 0.15) is 0 Å². The molecule has 0 amide bonds. The third-order valence-electron chi connectivity index (χ3n) is 1.31. The summed E-state index contributed by atoms with van der Waals surface area (Å²) in [6.45, 7) is 0. The van der Waals surface area contributed by atoms with Crippen LogP contribution in [0.15, 0.2) is 17.7 Å². The maximum atomic E-state index is 5.43. The van der Waals surface area contributed by atoms with E-state index in [0.29, 0.717) is 0 Å². The zero-order chi connectivity index (χ0) is 7.68. The van der Waals surface area contributed by atoms with Crippen molar-refractivity contribution in [3.63, 3.8) is 0 Å². The molecule has 2 heterocycles. The van der Waals surface area contributed by atoms with Crippen LogP contribution >= 0.6 is 11.9 Å². The van der Waals surface area contributed by atoms with E-state index in [1.54, 1.807) is 6.20 Å². The molecule has 1 aromatic heterocycles. The Morgan fingerprint density at radius 1 is 1.64 bits per heavy atom. The molecular weight excluding hydrogens is 162 g/mol. The minimum Gasteiger partial charge on any atom is -0.293 e. The van der Waals surface area contributed by atoms with Crippen LogP contribution in [0, 0.1) is 0 Å². The van der Waals surface area contributed by atoms with Crippen LogP contribution in [0.4, 0.5) is 0 Å². The highest BCUT2D eigenvalue weighted by molar-refractivity contribution is 8.00. The second-order valence-electron chi connectivity index (χ2n) is 2.04. The molecule has 4 N–H and O–H groups in total. The monoisotopic (exact) mass is 169 g/mol. The Morgan fingerprint density at radius 3 is 3.09 bits per heavy atom. The molecule has 0 fully saturated rings. The molecular formula is C5H7N5S. The van der Waals surface area contributed by atoms with Gasteiger partial charge in [-0.2, -0.15) is 5.10 Å². The highest BCUT2D eigenvalue weighted by Gasteiger charge is 2.12. The number of aromatic amines is 1. The largest absolute Gasteiger partial charge is 0.293 e. The van der Waals surface area contributed by atoms with Crippen LogP contribution in [-0.2, 0) is 0 Å². The smallest absolute Gasteiger partial charge is 0.0840 e. The number of nitrogens with one attached hydrogen (secondary N) is 2. The van der Waals surface area contributed by atoms with Gasteiger partial charge in [-0.25, -0.2) is 5.84 Å². The van der Waals surface area contributed by atoms with Crippen molar-refractivity contribution in [1.82, 2.24) is 20.1 Å². The van der Waals surface area contributed by atoms with E-state index in [-0.39, 0.29) is 0 Å². The lowest BCUT2D eigenvalue weighted by atomic mass is 10.4. The summed E-state index contributed by atoms with van der Waals surface area (Å²) in [5.41, 5.74) is 4.80. The van der Waals surface area contributed by atoms with Gasteiger partial charge < -0.3 is 0 Å². The van der Waals surface area contributed by atoms with Crippen molar-refractivity contribution in [2.45, 2.75) is 0 Å². The molecule has 0 spiro atoms. The highest BCUT2D eigenvalue weighted by atomic mass is 32.2. The van der Waals surface area contributed by atoms with Gasteiger partial charge in [0.15, 0.2) is 0 Å². The Bertz CT molecular complexity index is 266. The number of H-pyrrole nitrogens is 1. The third kappa shape index (κ3) is 1.23. The van der Waals surface area contributed by atoms with E-state index in [0.717, 1.165) is 11.4 Å². The number of hydrogen-bond donors (Lipinski definition) is 3. The molecule has 58 valence electrons. The highest BCUT2D eigenvalue weighted by Crippen LogP contribution is 2.21. The predicted octanol–water partition coefficient (Wildman–Crippen LogP) is 0.0502. The lowest BCUT2D eigenvalue weighted by Gasteiger charge is -2.07. The molecule has 0 aliphatic carbocycles. The van der Waals surface area contributed by atoms with E-state index in [4.69, 9.17) is 5.84 Å². The molecule has 2 rings (SSSR count). The average molecular weight is 169 g/mol. The van der Waals surface area contributed by atoms with Crippen molar-refractivity contribution in [2.24, 2.45) is 5.84 Å². The first-order chi connectivity index (χ1) is 5.36. The molecule has 1 aliphatic heterocycles. The van der Waals surface area contributed by atoms with Crippen molar-refractivity contribution in [3.8, 4) is 0 Å². The number of hydrogen-bond acceptors (Lipinski definition) is 5. The van der Waals surface area contributed by atoms with Crippen LogP contribution in [0.1, 0.15) is 5.69 Å². The first-order valence-corrected chi connectivity index (χ1v) is 3.88. The number of nitrogens with two attached hydrogens (primary N) is 1. The standard InChI is InChI=1S/C5H7N5S/c6-10-9-5(3-11-10)4-1-2-7-8-4/h1-3,9H,6H2,(H,7,8). The summed E-state index contributed by atoms with van der Waals surface area (Å²) in [5, 5.41) is 8.55. The van der Waals surface area contributed by atoms with Crippen molar-refractivity contribution in [1.29, 1.82) is 0 Å². The molecule has 11 heavy (non-hydrogen) atoms. The van der Waals surface area contributed by atoms with E-state index in [1.165, 1.54) is 16.5 Å². The van der Waals surface area contributed by atoms with Crippen molar-refractivity contribution in [3.05, 3.63) is 23.4 Å². The van der Waals surface area contributed by atoms with Gasteiger partial charge in [-0.15, -0.1) is 0 Å². The number of aromatic nitrogens is 2. The quantitative estimate of drug-likeness (QED) is 0.409. The summed E-state index contributed by atoms with van der Waals surface area (Å²) in [5.74, 6) is 5.43. The Labute approximate surface area is 67.7 Å². The predicted molar refractivity (Wildman–Crippen MR) is 43.3 cm³/mol. The first-order valence-electron chi connectivity index (χ1n) is 3.04. The fourth-order valence-electron chi connectivity index (χ4n) is 0.811. The van der Waals surface area contributed by atoms with Crippen LogP contribution in [-0.4, -0.2) is 14.7 Å². The van der Waals surface area contributed by atoms with E-state index < -0.39 is 0 Å². The van der Waals surface area contributed by atoms with Gasteiger partial charge in [-0.05, 0) is 18.0 Å². The van der Waals surface area contributed by atoms with Gasteiger partial charge in [0.2, 0.25) is 0 Å². The Hall–Kier alpha value is -0.980. The summed E-state index contributed by atoms with van der Waals surface area (Å²) in [6, 6.07) is 1.87. The minimum atomic E-state index is 0.936. The molecule has 0 bridgehead atoms. The molecule has 0 radical (unpaired) electrons. The summed E-state index contributed by atoms with van der Waals surface area (Å²) in [4.78, 5) is 0. The molecule has 1 aromatic rings. The zero-order valence-corrected chi connectivity index (χ0v) is 6.43. The number of hydrazine groups is 2. The van der Waals surface area contributed by atoms with Crippen molar-refractivity contribution < 1.29 is 0 Å². The van der Waals surface area contributed by atoms with E-state index in [2.05, 4.69) is 15.6 Å². The summed E-state index contributed by atoms with van der Waals surface area (Å²) < 4.78 is 1.43. The van der Waals surface area contributed by atoms with Gasteiger partial charge in [0.25, 0.3) is 0 Å². The molecule has 0 aromatic carbocycles. The fraction of sp³-hybridized carbons (Fsp3) is 0. The molecule has 0 saturated carbocycles. The lowest BCUT2D eigenvalue weighted by Crippen LogP contribution is -2.32. The van der Waals surface area contributed by atoms with Gasteiger partial charge in [0, 0.05) is 11.6 Å². The summed E-state index contributed by atoms with van der Waals surface area (Å²) in [6.07, 6.45) is 1.70. The summed E-state index contributed by atoms with van der Waals surface area (Å²) >= 11 is 1.39. The van der Waals surface area contributed by atoms with Crippen LogP contribution in [0.3, 0.4) is 0 Å². The normalized spacial score (nSPS) is 18.1. The van der Waals surface area contributed by atoms with Crippen LogP contribution in [0.5, 0.6) is 0 Å². The molecule has 5 nitrogen and oxygen atoms in total. The van der Waals surface area contributed by atoms with Gasteiger partial charge >= 0.3 is 0 Å². The molecule has 0 unspecified atom stereocenters. The fourth-order valence-corrected chi connectivity index (χ4v) is 1.36. The molecule has 1 aliphatic rings. The van der Waals surface area contributed by atoms with Gasteiger partial charge in [-0.3, -0.25) is 10.5 Å². The van der Waals surface area contributed by atoms with Crippen LogP contribution in [0.2, 0.25) is 0 Å². The van der Waals surface area contributed by atoms with Crippen LogP contribution < -0.4 is 11.3 Å². The molecule has 0 atom stereocenters. The summed E-state index contributed by atoms with van der Waals surface area (Å²) in [7, 11) is 0. The Morgan fingerprint density at radius 2 is 2.55 bits per heavy atom. The number of nitrogens with zero attached hydrogens (tertiary/aromatic N) is 2. The van der Waals surface area contributed by atoms with Crippen molar-refractivity contribution >= 4 is 17.6 Å². The zero-order valence-electron chi connectivity index (χ0n) is 5.61. The lowest BCUT2D eigenvalue weighted by molar-refractivity contribution is 0.450. The second-order valence-corrected chi connectivity index (χ2v) is 2.88. The average Bonchev–Trinajstić information content (AvgIpc) is 2.55. The molecule has 6 heteroatoms. The van der Waals surface area contributed by atoms with Crippen LogP contribution in [0.25, 0.3) is 5.70 Å².